The molecular weight excluding hydrogens is 1560 g/mol. The van der Waals surface area contributed by atoms with E-state index >= 15 is 0 Å². The minimum absolute atomic E-state index is 0.0135. The fraction of sp³-hybridized carbons (Fsp3) is 0.239. The summed E-state index contributed by atoms with van der Waals surface area (Å²) in [6, 6.07) is 34.4. The highest BCUT2D eigenvalue weighted by Crippen LogP contribution is 2.46. The predicted octanol–water partition coefficient (Wildman–Crippen LogP) is 13.2. The van der Waals surface area contributed by atoms with E-state index in [2.05, 4.69) is 32.9 Å². The second-order valence-electron chi connectivity index (χ2n) is 27.1. The van der Waals surface area contributed by atoms with Gasteiger partial charge < -0.3 is 52.1 Å². The lowest BCUT2D eigenvalue weighted by atomic mass is 9.88. The van der Waals surface area contributed by atoms with Crippen LogP contribution in [0.2, 0.25) is 0 Å². The van der Waals surface area contributed by atoms with Gasteiger partial charge in [-0.1, -0.05) is 63.2 Å². The highest BCUT2D eigenvalue weighted by Gasteiger charge is 2.39. The van der Waals surface area contributed by atoms with Crippen LogP contribution in [0.15, 0.2) is 189 Å². The van der Waals surface area contributed by atoms with Gasteiger partial charge in [-0.3, -0.25) is 62.8 Å². The number of hydrogen-bond donors (Lipinski definition) is 0. The number of carbonyl (C=O) groups excluding carboxylic acids is 14. The Morgan fingerprint density at radius 2 is 0.545 bits per heavy atom. The topological polar surface area (TPSA) is 353 Å². The van der Waals surface area contributed by atoms with Gasteiger partial charge in [0.1, 0.15) is 93.1 Å². The van der Waals surface area contributed by atoms with Crippen LogP contribution in [0.25, 0.3) is 43.1 Å². The molecule has 0 unspecified atom stereocenters. The lowest BCUT2D eigenvalue weighted by Crippen LogP contribution is -2.40. The van der Waals surface area contributed by atoms with E-state index in [1.807, 2.05) is 6.07 Å². The highest BCUT2D eigenvalue weighted by molar-refractivity contribution is 6.32. The molecule has 0 radical (unpaired) electrons. The van der Waals surface area contributed by atoms with Gasteiger partial charge in [-0.05, 0) is 152 Å². The molecule has 9 aromatic carbocycles. The Morgan fingerprint density at radius 1 is 0.306 bits per heavy atom. The van der Waals surface area contributed by atoms with Crippen molar-refractivity contribution in [3.8, 4) is 40.2 Å². The van der Waals surface area contributed by atoms with Crippen LogP contribution in [-0.4, -0.2) is 196 Å². The zero-order valence-electron chi connectivity index (χ0n) is 68.2. The van der Waals surface area contributed by atoms with Gasteiger partial charge in [0.15, 0.2) is 5.78 Å². The number of hydrogen-bond acceptors (Lipinski definition) is 25. The lowest BCUT2D eigenvalue weighted by Gasteiger charge is -2.27. The molecule has 121 heavy (non-hydrogen) atoms. The Hall–Kier alpha value is -14.9. The standard InChI is InChI=1S/C27H23NO6.C26H27NO8.C21H21NO6.C18H15NO5/c1-4-28-25(30)19-11-10-18(24(29)17-8-6-5-7-9-17)23-21(13-12-20(22(19)23)26(28)31)33-14-15-34-27(32)16(2)3;1-6-27-23(28)17-7-9-19(32-11-13-34-25(30)15(2)3)22-20(10-8-18(21(17)22)24(27)29)33-12-14-35-26(31)16(4)5;1-5-22-19(23)13-6-8-15(26-4)18-16(9-7-14(17(13)18)20(22)24)27-10-11-28-21(25)12(2)3;1-4-14(20)24-13-9-7-11-15-10(6-8-12(23-3)16(13)15)17(21)19(5-2)18(11)22/h5-13H,2,4,14-15H2,1,3H3;7-10H,2,4,6,11-14H2,1,3,5H3;6-9H,2,5,10-11H2,1,3-4H3;4,6-9H,1,5H2,2-3H3. The Bertz CT molecular complexity index is 5720. The second kappa shape index (κ2) is 38.9. The van der Waals surface area contributed by atoms with E-state index < -0.39 is 53.5 Å². The molecule has 4 aliphatic rings. The van der Waals surface area contributed by atoms with Crippen molar-refractivity contribution in [3.63, 3.8) is 0 Å². The summed E-state index contributed by atoms with van der Waals surface area (Å²) in [5.74, 6) is -3.56. The van der Waals surface area contributed by atoms with Gasteiger partial charge >= 0.3 is 29.8 Å². The van der Waals surface area contributed by atoms with Crippen LogP contribution in [0.1, 0.15) is 154 Å². The molecular formula is C92H86N4O25. The summed E-state index contributed by atoms with van der Waals surface area (Å²) in [5.41, 5.74) is 4.84. The largest absolute Gasteiger partial charge is 0.496 e. The summed E-state index contributed by atoms with van der Waals surface area (Å²) in [4.78, 5) is 179. The summed E-state index contributed by atoms with van der Waals surface area (Å²) in [6.07, 6.45) is 1.04. The third-order valence-electron chi connectivity index (χ3n) is 19.2. The number of amides is 8. The summed E-state index contributed by atoms with van der Waals surface area (Å²) in [5, 5.41) is 3.51. The minimum Gasteiger partial charge on any atom is -0.496 e. The summed E-state index contributed by atoms with van der Waals surface area (Å²) in [6.45, 7) is 31.8. The van der Waals surface area contributed by atoms with Crippen molar-refractivity contribution in [2.45, 2.75) is 55.4 Å². The molecule has 4 heterocycles. The molecule has 0 spiro atoms. The molecule has 8 amide bonds. The summed E-state index contributed by atoms with van der Waals surface area (Å²) in [7, 11) is 2.97. The number of ether oxygens (including phenoxy) is 11. The molecule has 4 aliphatic heterocycles. The molecule has 0 saturated carbocycles. The van der Waals surface area contributed by atoms with Crippen molar-refractivity contribution in [2.24, 2.45) is 0 Å². The Balaban J connectivity index is 0.000000171. The van der Waals surface area contributed by atoms with Gasteiger partial charge in [-0.25, -0.2) is 24.0 Å². The van der Waals surface area contributed by atoms with Crippen LogP contribution >= 0.6 is 0 Å². The Kier molecular flexibility index (Phi) is 28.4. The molecule has 29 heteroatoms. The van der Waals surface area contributed by atoms with Gasteiger partial charge in [0, 0.05) is 137 Å². The molecule has 0 bridgehead atoms. The third-order valence-corrected chi connectivity index (χ3v) is 19.2. The number of nitrogens with zero attached hydrogens (tertiary/aromatic N) is 4. The third kappa shape index (κ3) is 18.3. The number of rotatable bonds is 30. The zero-order chi connectivity index (χ0) is 88.0. The van der Waals surface area contributed by atoms with Crippen molar-refractivity contribution in [3.05, 3.63) is 244 Å². The number of imide groups is 4. The fourth-order valence-electron chi connectivity index (χ4n) is 13.5. The van der Waals surface area contributed by atoms with Crippen molar-refractivity contribution < 1.29 is 119 Å². The average molecular weight is 1650 g/mol. The van der Waals surface area contributed by atoms with Crippen LogP contribution in [0.4, 0.5) is 0 Å². The van der Waals surface area contributed by atoms with E-state index in [4.69, 9.17) is 52.1 Å². The van der Waals surface area contributed by atoms with Crippen LogP contribution in [0.5, 0.6) is 40.2 Å². The molecule has 0 aromatic heterocycles. The fourth-order valence-corrected chi connectivity index (χ4v) is 13.5. The average Bonchev–Trinajstić information content (AvgIpc) is 0.779. The van der Waals surface area contributed by atoms with Crippen molar-refractivity contribution >= 4 is 126 Å². The van der Waals surface area contributed by atoms with Gasteiger partial charge in [0.2, 0.25) is 0 Å². The lowest BCUT2D eigenvalue weighted by molar-refractivity contribution is -0.140. The zero-order valence-corrected chi connectivity index (χ0v) is 68.2. The van der Waals surface area contributed by atoms with Crippen LogP contribution in [0.3, 0.4) is 0 Å². The van der Waals surface area contributed by atoms with E-state index in [0.29, 0.717) is 139 Å². The first kappa shape index (κ1) is 88.5. The maximum absolute atomic E-state index is 13.4. The number of methoxy groups -OCH3 is 2. The monoisotopic (exact) mass is 1650 g/mol. The van der Waals surface area contributed by atoms with Gasteiger partial charge in [-0.2, -0.15) is 0 Å². The number of benzene rings is 9. The van der Waals surface area contributed by atoms with Gasteiger partial charge in [-0.15, -0.1) is 0 Å². The summed E-state index contributed by atoms with van der Waals surface area (Å²) < 4.78 is 59.6. The van der Waals surface area contributed by atoms with E-state index in [0.717, 1.165) is 6.08 Å². The SMILES string of the molecule is C=C(C)C(=O)OCCOc1ccc2c3c(ccc(C(=O)c4ccccc4)c13)C(=O)N(CC)C2=O.C=C(C)C(=O)OCCOc1ccc2c3c(ccc(OC)c13)C(=O)N(CC)C2=O.C=C(C)C(=O)OCCOc1ccc2c3c(ccc(OCCOC(=O)C(=C)C)c13)C(=O)N(CC)C2=O.C=CC(=O)Oc1ccc2c3c(ccc(OC)c13)C(=O)N(CC)C2=O. The van der Waals surface area contributed by atoms with Crippen molar-refractivity contribution in [1.29, 1.82) is 0 Å². The maximum Gasteiger partial charge on any atom is 0.335 e. The quantitative estimate of drug-likeness (QED) is 0.00767. The number of ketones is 1. The van der Waals surface area contributed by atoms with Crippen molar-refractivity contribution in [1.82, 2.24) is 19.6 Å². The van der Waals surface area contributed by atoms with Crippen LogP contribution < -0.4 is 33.2 Å². The highest BCUT2D eigenvalue weighted by atomic mass is 16.6. The normalized spacial score (nSPS) is 12.7. The molecule has 13 rings (SSSR count). The summed E-state index contributed by atoms with van der Waals surface area (Å²) >= 11 is 0. The molecule has 9 aromatic rings. The van der Waals surface area contributed by atoms with Gasteiger partial charge in [0.25, 0.3) is 47.3 Å². The van der Waals surface area contributed by atoms with E-state index in [1.165, 1.54) is 39.9 Å². The molecule has 0 aliphatic carbocycles. The van der Waals surface area contributed by atoms with Crippen molar-refractivity contribution in [2.75, 3.05) is 93.3 Å². The van der Waals surface area contributed by atoms with E-state index in [1.54, 1.807) is 171 Å². The first-order valence-electron chi connectivity index (χ1n) is 38.1. The van der Waals surface area contributed by atoms with Crippen LogP contribution in [-0.2, 0) is 42.9 Å². The van der Waals surface area contributed by atoms with Gasteiger partial charge in [0.05, 0.1) is 30.4 Å². The number of esters is 5. The molecule has 0 fully saturated rings. The first-order chi connectivity index (χ1) is 57.9. The molecule has 624 valence electrons. The van der Waals surface area contributed by atoms with E-state index in [9.17, 15) is 67.1 Å². The Labute approximate surface area is 694 Å². The van der Waals surface area contributed by atoms with Crippen LogP contribution in [0, 0.1) is 0 Å². The Morgan fingerprint density at radius 3 is 0.810 bits per heavy atom. The predicted molar refractivity (Wildman–Crippen MR) is 444 cm³/mol. The molecule has 0 atom stereocenters. The number of carbonyl (C=O) groups is 14. The second-order valence-corrected chi connectivity index (χ2v) is 27.1. The maximum atomic E-state index is 13.4. The molecule has 29 nitrogen and oxygen atoms in total. The minimum atomic E-state index is -0.638. The smallest absolute Gasteiger partial charge is 0.335 e. The molecule has 0 N–H and O–H groups in total. The molecule has 0 saturated heterocycles. The van der Waals surface area contributed by atoms with E-state index in [-0.39, 0.29) is 131 Å². The first-order valence-corrected chi connectivity index (χ1v) is 38.1.